The Morgan fingerprint density at radius 3 is 2.70 bits per heavy atom. The number of fused-ring (bicyclic) bond motifs is 3. The minimum atomic E-state index is -0.669. The molecular weight excluding hydrogens is 376 g/mol. The first-order valence-corrected chi connectivity index (χ1v) is 9.40. The summed E-state index contributed by atoms with van der Waals surface area (Å²) in [5.74, 6) is 0.0604. The van der Waals surface area contributed by atoms with E-state index < -0.39 is 5.54 Å². The van der Waals surface area contributed by atoms with Crippen LogP contribution in [0.2, 0.25) is 0 Å². The average Bonchev–Trinajstić information content (AvgIpc) is 2.97. The van der Waals surface area contributed by atoms with Crippen molar-refractivity contribution in [1.82, 2.24) is 10.6 Å². The summed E-state index contributed by atoms with van der Waals surface area (Å²) >= 11 is 8.04. The zero-order valence-corrected chi connectivity index (χ0v) is 15.5. The monoisotopic (exact) mass is 396 g/mol. The summed E-state index contributed by atoms with van der Waals surface area (Å²) in [7, 11) is 1.78. The number of methoxy groups -OCH3 is 1. The maximum Gasteiger partial charge on any atom is 0.247 e. The first kappa shape index (κ1) is 15.9. The zero-order valence-electron chi connectivity index (χ0n) is 13.1. The molecule has 0 aromatic heterocycles. The molecule has 3 aliphatic rings. The number of hydrogen-bond donors (Lipinski definition) is 3. The van der Waals surface area contributed by atoms with Gasteiger partial charge >= 0.3 is 0 Å². The first-order chi connectivity index (χ1) is 11.0. The van der Waals surface area contributed by atoms with Gasteiger partial charge in [-0.05, 0) is 55.4 Å². The number of amides is 1. The van der Waals surface area contributed by atoms with Crippen molar-refractivity contribution < 1.29 is 9.53 Å². The summed E-state index contributed by atoms with van der Waals surface area (Å²) in [4.78, 5) is 13.0. The van der Waals surface area contributed by atoms with Gasteiger partial charge in [0.2, 0.25) is 5.91 Å². The van der Waals surface area contributed by atoms with Gasteiger partial charge in [0.25, 0.3) is 0 Å². The van der Waals surface area contributed by atoms with E-state index in [9.17, 15) is 4.79 Å². The molecule has 1 aliphatic heterocycles. The van der Waals surface area contributed by atoms with E-state index in [-0.39, 0.29) is 16.8 Å². The standard InChI is InChI=1S/C17H21BrN2O2S/c1-22-12-4-6-16(7-5-12)9-10-2-3-11(18)8-13(10)17(16)14(21)19-15(23)20-17/h2-3,8,12,15,20,23H,4-7,9H2,1H3,(H,19,21). The van der Waals surface area contributed by atoms with E-state index in [1.807, 2.05) is 0 Å². The van der Waals surface area contributed by atoms with Gasteiger partial charge in [0, 0.05) is 17.0 Å². The predicted molar refractivity (Wildman–Crippen MR) is 95.3 cm³/mol. The van der Waals surface area contributed by atoms with E-state index in [0.717, 1.165) is 42.1 Å². The van der Waals surface area contributed by atoms with Crippen LogP contribution in [-0.4, -0.2) is 24.6 Å². The molecule has 1 saturated carbocycles. The molecule has 1 saturated heterocycles. The maximum atomic E-state index is 13.0. The third kappa shape index (κ3) is 2.15. The predicted octanol–water partition coefficient (Wildman–Crippen LogP) is 2.71. The fourth-order valence-corrected chi connectivity index (χ4v) is 5.57. The van der Waals surface area contributed by atoms with Gasteiger partial charge in [0.1, 0.15) is 11.0 Å². The molecule has 2 aliphatic carbocycles. The Kier molecular flexibility index (Phi) is 3.80. The summed E-state index contributed by atoms with van der Waals surface area (Å²) < 4.78 is 6.56. The van der Waals surface area contributed by atoms with Crippen molar-refractivity contribution in [2.75, 3.05) is 7.11 Å². The van der Waals surface area contributed by atoms with Crippen LogP contribution >= 0.6 is 28.6 Å². The van der Waals surface area contributed by atoms with Crippen LogP contribution in [0.5, 0.6) is 0 Å². The van der Waals surface area contributed by atoms with Gasteiger partial charge in [-0.25, -0.2) is 0 Å². The van der Waals surface area contributed by atoms with Crippen LogP contribution in [0.15, 0.2) is 22.7 Å². The van der Waals surface area contributed by atoms with Crippen LogP contribution in [0, 0.1) is 5.41 Å². The van der Waals surface area contributed by atoms with Crippen molar-refractivity contribution >= 4 is 34.5 Å². The van der Waals surface area contributed by atoms with Gasteiger partial charge in [0.15, 0.2) is 0 Å². The third-order valence-corrected chi connectivity index (χ3v) is 6.74. The Balaban J connectivity index is 1.83. The number of nitrogens with one attached hydrogen (secondary N) is 2. The number of ether oxygens (including phenoxy) is 1. The molecule has 124 valence electrons. The topological polar surface area (TPSA) is 50.4 Å². The first-order valence-electron chi connectivity index (χ1n) is 8.09. The van der Waals surface area contributed by atoms with Gasteiger partial charge in [-0.1, -0.05) is 22.0 Å². The van der Waals surface area contributed by atoms with Crippen molar-refractivity contribution in [1.29, 1.82) is 0 Å². The molecule has 2 N–H and O–H groups in total. The second kappa shape index (κ2) is 5.48. The van der Waals surface area contributed by atoms with Crippen molar-refractivity contribution in [2.45, 2.75) is 49.2 Å². The minimum Gasteiger partial charge on any atom is -0.381 e. The lowest BCUT2D eigenvalue weighted by atomic mass is 9.61. The quantitative estimate of drug-likeness (QED) is 0.639. The van der Waals surface area contributed by atoms with Crippen LogP contribution < -0.4 is 10.6 Å². The van der Waals surface area contributed by atoms with Gasteiger partial charge in [-0.2, -0.15) is 0 Å². The Morgan fingerprint density at radius 2 is 2.09 bits per heavy atom. The van der Waals surface area contributed by atoms with Crippen molar-refractivity contribution in [3.8, 4) is 0 Å². The maximum absolute atomic E-state index is 13.0. The SMILES string of the molecule is COC1CCC2(CC1)Cc1ccc(Br)cc1C21NC(S)NC1=O. The van der Waals surface area contributed by atoms with Crippen LogP contribution in [0.1, 0.15) is 36.8 Å². The van der Waals surface area contributed by atoms with Gasteiger partial charge < -0.3 is 10.1 Å². The summed E-state index contributed by atoms with van der Waals surface area (Å²) in [5, 5.41) is 6.47. The Hall–Kier alpha value is -0.560. The van der Waals surface area contributed by atoms with Crippen molar-refractivity contribution in [3.63, 3.8) is 0 Å². The van der Waals surface area contributed by atoms with Crippen molar-refractivity contribution in [2.24, 2.45) is 5.41 Å². The fourth-order valence-electron chi connectivity index (χ4n) is 4.90. The highest BCUT2D eigenvalue weighted by atomic mass is 79.9. The molecule has 1 aromatic rings. The number of carbonyl (C=O) groups is 1. The minimum absolute atomic E-state index is 0.0604. The van der Waals surface area contributed by atoms with E-state index in [0.29, 0.717) is 6.10 Å². The van der Waals surface area contributed by atoms with E-state index in [4.69, 9.17) is 4.74 Å². The second-order valence-corrected chi connectivity index (χ2v) is 8.40. The lowest BCUT2D eigenvalue weighted by Crippen LogP contribution is -2.56. The number of rotatable bonds is 1. The van der Waals surface area contributed by atoms with E-state index in [1.165, 1.54) is 5.56 Å². The van der Waals surface area contributed by atoms with Crippen LogP contribution in [0.3, 0.4) is 0 Å². The zero-order chi connectivity index (χ0) is 16.2. The molecule has 0 radical (unpaired) electrons. The number of thiol groups is 1. The highest BCUT2D eigenvalue weighted by Gasteiger charge is 2.65. The lowest BCUT2D eigenvalue weighted by Gasteiger charge is -2.46. The Labute approximate surface area is 150 Å². The lowest BCUT2D eigenvalue weighted by molar-refractivity contribution is -0.131. The smallest absolute Gasteiger partial charge is 0.247 e. The fraction of sp³-hybridized carbons (Fsp3) is 0.588. The number of hydrogen-bond acceptors (Lipinski definition) is 4. The highest BCUT2D eigenvalue weighted by Crippen LogP contribution is 2.59. The molecule has 4 rings (SSSR count). The van der Waals surface area contributed by atoms with Gasteiger partial charge in [-0.3, -0.25) is 10.1 Å². The molecule has 1 aromatic carbocycles. The molecule has 2 atom stereocenters. The summed E-state index contributed by atoms with van der Waals surface area (Å²) in [6.45, 7) is 0. The van der Waals surface area contributed by atoms with Gasteiger partial charge in [0.05, 0.1) is 6.10 Å². The summed E-state index contributed by atoms with van der Waals surface area (Å²) in [5.41, 5.74) is 1.32. The van der Waals surface area contributed by atoms with E-state index >= 15 is 0 Å². The molecule has 4 nitrogen and oxygen atoms in total. The Morgan fingerprint density at radius 1 is 1.35 bits per heavy atom. The molecule has 0 bridgehead atoms. The third-order valence-electron chi connectivity index (χ3n) is 5.98. The van der Waals surface area contributed by atoms with Crippen LogP contribution in [0.25, 0.3) is 0 Å². The van der Waals surface area contributed by atoms with Crippen LogP contribution in [-0.2, 0) is 21.5 Å². The number of benzene rings is 1. The van der Waals surface area contributed by atoms with Crippen molar-refractivity contribution in [3.05, 3.63) is 33.8 Å². The highest BCUT2D eigenvalue weighted by molar-refractivity contribution is 9.10. The van der Waals surface area contributed by atoms with E-state index in [1.54, 1.807) is 7.11 Å². The number of halogens is 1. The number of carbonyl (C=O) groups excluding carboxylic acids is 1. The molecule has 2 spiro atoms. The van der Waals surface area contributed by atoms with Gasteiger partial charge in [-0.15, -0.1) is 12.6 Å². The molecule has 23 heavy (non-hydrogen) atoms. The Bertz CT molecular complexity index is 660. The molecule has 6 heteroatoms. The second-order valence-electron chi connectivity index (χ2n) is 6.96. The average molecular weight is 397 g/mol. The largest absolute Gasteiger partial charge is 0.381 e. The normalized spacial score (nSPS) is 39.0. The summed E-state index contributed by atoms with van der Waals surface area (Å²) in [6, 6.07) is 6.32. The molecule has 1 amide bonds. The van der Waals surface area contributed by atoms with Crippen LogP contribution in [0.4, 0.5) is 0 Å². The molecule has 2 unspecified atom stereocenters. The summed E-state index contributed by atoms with van der Waals surface area (Å²) in [6.07, 6.45) is 5.22. The molecule has 2 fully saturated rings. The van der Waals surface area contributed by atoms with E-state index in [2.05, 4.69) is 57.4 Å². The molecule has 1 heterocycles. The molecular formula is C17H21BrN2O2S.